The summed E-state index contributed by atoms with van der Waals surface area (Å²) in [5.41, 5.74) is 6.38. The van der Waals surface area contributed by atoms with Crippen molar-refractivity contribution in [2.45, 2.75) is 6.54 Å². The highest BCUT2D eigenvalue weighted by Crippen LogP contribution is 2.28. The SMILES string of the molecule is NCCn1cc(-c2nc(-c3cc(F)ccc3Br)no2)nn1. The molecule has 21 heavy (non-hydrogen) atoms. The number of nitrogens with zero attached hydrogens (tertiary/aromatic N) is 5. The van der Waals surface area contributed by atoms with Gasteiger partial charge in [-0.2, -0.15) is 4.98 Å². The van der Waals surface area contributed by atoms with Gasteiger partial charge in [0.05, 0.1) is 12.7 Å². The van der Waals surface area contributed by atoms with Gasteiger partial charge in [0.1, 0.15) is 5.82 Å². The van der Waals surface area contributed by atoms with E-state index < -0.39 is 0 Å². The van der Waals surface area contributed by atoms with Gasteiger partial charge in [0, 0.05) is 16.6 Å². The van der Waals surface area contributed by atoms with Crippen LogP contribution in [-0.2, 0) is 6.54 Å². The van der Waals surface area contributed by atoms with Crippen LogP contribution < -0.4 is 5.73 Å². The van der Waals surface area contributed by atoms with Gasteiger partial charge in [0.25, 0.3) is 5.89 Å². The maximum Gasteiger partial charge on any atom is 0.280 e. The molecule has 2 N–H and O–H groups in total. The predicted octanol–water partition coefficient (Wildman–Crippen LogP) is 1.86. The number of nitrogens with two attached hydrogens (primary N) is 1. The van der Waals surface area contributed by atoms with E-state index in [2.05, 4.69) is 36.4 Å². The molecule has 0 saturated carbocycles. The van der Waals surface area contributed by atoms with Gasteiger partial charge in [0.2, 0.25) is 5.82 Å². The number of rotatable bonds is 4. The average molecular weight is 353 g/mol. The standard InChI is InChI=1S/C12H10BrFN6O/c13-9-2-1-7(14)5-8(9)11-16-12(21-18-11)10-6-20(4-3-15)19-17-10/h1-2,5-6H,3-4,15H2. The Labute approximate surface area is 127 Å². The zero-order chi connectivity index (χ0) is 14.8. The first-order valence-corrected chi connectivity index (χ1v) is 6.86. The molecule has 0 aliphatic heterocycles. The van der Waals surface area contributed by atoms with Crippen LogP contribution in [0.3, 0.4) is 0 Å². The summed E-state index contributed by atoms with van der Waals surface area (Å²) in [6, 6.07) is 4.25. The van der Waals surface area contributed by atoms with Crippen molar-refractivity contribution in [3.63, 3.8) is 0 Å². The van der Waals surface area contributed by atoms with Gasteiger partial charge in [-0.25, -0.2) is 4.39 Å². The minimum atomic E-state index is -0.381. The normalized spacial score (nSPS) is 11.0. The van der Waals surface area contributed by atoms with E-state index in [-0.39, 0.29) is 17.5 Å². The maximum absolute atomic E-state index is 13.3. The molecule has 0 atom stereocenters. The smallest absolute Gasteiger partial charge is 0.280 e. The van der Waals surface area contributed by atoms with Crippen molar-refractivity contribution in [3.8, 4) is 23.0 Å². The Morgan fingerprint density at radius 1 is 1.38 bits per heavy atom. The highest BCUT2D eigenvalue weighted by Gasteiger charge is 2.16. The van der Waals surface area contributed by atoms with Gasteiger partial charge >= 0.3 is 0 Å². The second-order valence-corrected chi connectivity index (χ2v) is 5.06. The van der Waals surface area contributed by atoms with Crippen LogP contribution >= 0.6 is 15.9 Å². The third kappa shape index (κ3) is 2.83. The molecule has 9 heteroatoms. The Kier molecular flexibility index (Phi) is 3.76. The van der Waals surface area contributed by atoms with Crippen LogP contribution in [0.4, 0.5) is 4.39 Å². The Morgan fingerprint density at radius 2 is 2.24 bits per heavy atom. The van der Waals surface area contributed by atoms with Crippen LogP contribution in [0, 0.1) is 5.82 Å². The van der Waals surface area contributed by atoms with E-state index in [1.165, 1.54) is 12.1 Å². The van der Waals surface area contributed by atoms with Crippen LogP contribution in [0.25, 0.3) is 23.0 Å². The monoisotopic (exact) mass is 352 g/mol. The molecule has 1 aromatic carbocycles. The van der Waals surface area contributed by atoms with Gasteiger partial charge in [-0.3, -0.25) is 4.68 Å². The van der Waals surface area contributed by atoms with E-state index in [9.17, 15) is 4.39 Å². The van der Waals surface area contributed by atoms with Crippen LogP contribution in [0.1, 0.15) is 0 Å². The fourth-order valence-corrected chi connectivity index (χ4v) is 2.17. The summed E-state index contributed by atoms with van der Waals surface area (Å²) in [7, 11) is 0. The zero-order valence-corrected chi connectivity index (χ0v) is 12.3. The van der Waals surface area contributed by atoms with Crippen LogP contribution in [-0.4, -0.2) is 31.7 Å². The largest absolute Gasteiger partial charge is 0.332 e. The summed E-state index contributed by atoms with van der Waals surface area (Å²) in [6.07, 6.45) is 1.66. The summed E-state index contributed by atoms with van der Waals surface area (Å²) in [4.78, 5) is 4.20. The number of hydrogen-bond donors (Lipinski definition) is 1. The molecular weight excluding hydrogens is 343 g/mol. The molecule has 3 rings (SSSR count). The number of halogens is 2. The van der Waals surface area contributed by atoms with Crippen molar-refractivity contribution >= 4 is 15.9 Å². The molecule has 0 aliphatic carbocycles. The Morgan fingerprint density at radius 3 is 3.05 bits per heavy atom. The lowest BCUT2D eigenvalue weighted by Crippen LogP contribution is -2.10. The topological polar surface area (TPSA) is 95.7 Å². The Bertz CT molecular complexity index is 771. The minimum Gasteiger partial charge on any atom is -0.332 e. The van der Waals surface area contributed by atoms with Crippen LogP contribution in [0.15, 0.2) is 33.4 Å². The molecule has 0 bridgehead atoms. The molecule has 0 saturated heterocycles. The zero-order valence-electron chi connectivity index (χ0n) is 10.7. The fourth-order valence-electron chi connectivity index (χ4n) is 1.74. The summed E-state index contributed by atoms with van der Waals surface area (Å²) in [6.45, 7) is 0.998. The molecule has 0 spiro atoms. The molecule has 2 heterocycles. The van der Waals surface area contributed by atoms with E-state index in [4.69, 9.17) is 10.3 Å². The quantitative estimate of drug-likeness (QED) is 0.769. The molecule has 3 aromatic rings. The van der Waals surface area contributed by atoms with E-state index in [0.717, 1.165) is 0 Å². The van der Waals surface area contributed by atoms with E-state index in [1.807, 2.05) is 0 Å². The van der Waals surface area contributed by atoms with Crippen molar-refractivity contribution in [1.82, 2.24) is 25.1 Å². The van der Waals surface area contributed by atoms with Gasteiger partial charge < -0.3 is 10.3 Å². The van der Waals surface area contributed by atoms with E-state index in [0.29, 0.717) is 28.8 Å². The first-order valence-electron chi connectivity index (χ1n) is 6.07. The molecule has 7 nitrogen and oxygen atoms in total. The molecule has 0 fully saturated rings. The fraction of sp³-hybridized carbons (Fsp3) is 0.167. The van der Waals surface area contributed by atoms with Crippen LogP contribution in [0.5, 0.6) is 0 Å². The summed E-state index contributed by atoms with van der Waals surface area (Å²) in [5.74, 6) is 0.0997. The Hall–Kier alpha value is -2.13. The minimum absolute atomic E-state index is 0.212. The second-order valence-electron chi connectivity index (χ2n) is 4.20. The first-order chi connectivity index (χ1) is 10.2. The highest BCUT2D eigenvalue weighted by atomic mass is 79.9. The van der Waals surface area contributed by atoms with Gasteiger partial charge in [0.15, 0.2) is 5.69 Å². The summed E-state index contributed by atoms with van der Waals surface area (Å²) < 4.78 is 20.7. The van der Waals surface area contributed by atoms with E-state index >= 15 is 0 Å². The number of aromatic nitrogens is 5. The number of hydrogen-bond acceptors (Lipinski definition) is 6. The molecule has 0 radical (unpaired) electrons. The van der Waals surface area contributed by atoms with Crippen molar-refractivity contribution in [3.05, 3.63) is 34.7 Å². The van der Waals surface area contributed by atoms with Crippen LogP contribution in [0.2, 0.25) is 0 Å². The lowest BCUT2D eigenvalue weighted by molar-refractivity contribution is 0.431. The van der Waals surface area contributed by atoms with Crippen molar-refractivity contribution in [1.29, 1.82) is 0 Å². The lowest BCUT2D eigenvalue weighted by Gasteiger charge is -1.98. The van der Waals surface area contributed by atoms with Gasteiger partial charge in [-0.05, 0) is 18.2 Å². The van der Waals surface area contributed by atoms with Gasteiger partial charge in [-0.15, -0.1) is 5.10 Å². The summed E-state index contributed by atoms with van der Waals surface area (Å²) in [5, 5.41) is 11.6. The third-order valence-electron chi connectivity index (χ3n) is 2.71. The molecule has 0 unspecified atom stereocenters. The third-order valence-corrected chi connectivity index (χ3v) is 3.40. The summed E-state index contributed by atoms with van der Waals surface area (Å²) >= 11 is 3.32. The van der Waals surface area contributed by atoms with Gasteiger partial charge in [-0.1, -0.05) is 26.3 Å². The Balaban J connectivity index is 1.93. The molecule has 108 valence electrons. The number of benzene rings is 1. The second kappa shape index (κ2) is 5.70. The van der Waals surface area contributed by atoms with Crippen molar-refractivity contribution < 1.29 is 8.91 Å². The molecular formula is C12H10BrFN6O. The molecule has 0 aliphatic rings. The first kappa shape index (κ1) is 13.8. The molecule has 0 amide bonds. The predicted molar refractivity (Wildman–Crippen MR) is 75.5 cm³/mol. The highest BCUT2D eigenvalue weighted by molar-refractivity contribution is 9.10. The average Bonchev–Trinajstić information content (AvgIpc) is 3.10. The lowest BCUT2D eigenvalue weighted by atomic mass is 10.2. The van der Waals surface area contributed by atoms with Crippen molar-refractivity contribution in [2.75, 3.05) is 6.54 Å². The molecule has 2 aromatic heterocycles. The van der Waals surface area contributed by atoms with E-state index in [1.54, 1.807) is 16.9 Å². The maximum atomic E-state index is 13.3. The van der Waals surface area contributed by atoms with Crippen molar-refractivity contribution in [2.24, 2.45) is 5.73 Å².